The van der Waals surface area contributed by atoms with Crippen LogP contribution in [0.25, 0.3) is 0 Å². The van der Waals surface area contributed by atoms with Gasteiger partial charge in [0.15, 0.2) is 5.11 Å². The fourth-order valence-corrected chi connectivity index (χ4v) is 4.30. The summed E-state index contributed by atoms with van der Waals surface area (Å²) >= 11 is 5.67. The minimum Gasteiger partial charge on any atom is -0.457 e. The second-order valence-electron chi connectivity index (χ2n) is 8.37. The molecule has 0 saturated carbocycles. The molecule has 178 valence electrons. The Balaban J connectivity index is 1.71. The molecule has 0 amide bonds. The number of rotatable bonds is 7. The summed E-state index contributed by atoms with van der Waals surface area (Å²) in [6.07, 6.45) is 0. The van der Waals surface area contributed by atoms with E-state index in [2.05, 4.69) is 5.32 Å². The SMILES string of the molecule is CC1=C(C(=O)OCc2ccccc2)C(c2cccc([N+](=O)[O-])c2)NC(=S)N1Cc1ccc(C)cc1. The second kappa shape index (κ2) is 10.5. The van der Waals surface area contributed by atoms with Crippen LogP contribution >= 0.6 is 12.2 Å². The zero-order chi connectivity index (χ0) is 24.9. The molecule has 4 rings (SSSR count). The number of nitrogens with zero attached hydrogens (tertiary/aromatic N) is 2. The predicted molar refractivity (Wildman–Crippen MR) is 137 cm³/mol. The topological polar surface area (TPSA) is 84.7 Å². The molecule has 1 atom stereocenters. The van der Waals surface area contributed by atoms with E-state index in [4.69, 9.17) is 17.0 Å². The summed E-state index contributed by atoms with van der Waals surface area (Å²) in [6.45, 7) is 4.42. The molecule has 3 aromatic carbocycles. The third kappa shape index (κ3) is 5.55. The molecule has 8 heteroatoms. The van der Waals surface area contributed by atoms with Crippen molar-refractivity contribution in [3.63, 3.8) is 0 Å². The van der Waals surface area contributed by atoms with Crippen LogP contribution in [-0.2, 0) is 22.7 Å². The van der Waals surface area contributed by atoms with Crippen LogP contribution < -0.4 is 5.32 Å². The van der Waals surface area contributed by atoms with Crippen LogP contribution in [0.5, 0.6) is 0 Å². The monoisotopic (exact) mass is 487 g/mol. The highest BCUT2D eigenvalue weighted by Crippen LogP contribution is 2.33. The van der Waals surface area contributed by atoms with Crippen LogP contribution in [0.3, 0.4) is 0 Å². The van der Waals surface area contributed by atoms with E-state index in [1.165, 1.54) is 12.1 Å². The van der Waals surface area contributed by atoms with Crippen molar-refractivity contribution in [1.82, 2.24) is 10.2 Å². The van der Waals surface area contributed by atoms with E-state index in [0.717, 1.165) is 16.7 Å². The minimum absolute atomic E-state index is 0.0630. The summed E-state index contributed by atoms with van der Waals surface area (Å²) in [5.74, 6) is -0.508. The predicted octanol–water partition coefficient (Wildman–Crippen LogP) is 5.35. The smallest absolute Gasteiger partial charge is 0.338 e. The van der Waals surface area contributed by atoms with E-state index in [1.807, 2.05) is 73.3 Å². The molecular weight excluding hydrogens is 462 g/mol. The molecule has 3 aromatic rings. The molecule has 0 spiro atoms. The Morgan fingerprint density at radius 1 is 1.03 bits per heavy atom. The molecular formula is C27H25N3O4S. The van der Waals surface area contributed by atoms with Crippen LogP contribution in [-0.4, -0.2) is 20.9 Å². The molecule has 7 nitrogen and oxygen atoms in total. The Bertz CT molecular complexity index is 1290. The van der Waals surface area contributed by atoms with Crippen LogP contribution in [0.15, 0.2) is 90.1 Å². The van der Waals surface area contributed by atoms with Gasteiger partial charge in [0, 0.05) is 24.4 Å². The van der Waals surface area contributed by atoms with Crippen LogP contribution in [0.2, 0.25) is 0 Å². The number of allylic oxidation sites excluding steroid dienone is 1. The summed E-state index contributed by atoms with van der Waals surface area (Å²) in [7, 11) is 0. The molecule has 1 aliphatic rings. The number of thiocarbonyl (C=S) groups is 1. The van der Waals surface area contributed by atoms with Crippen molar-refractivity contribution in [2.75, 3.05) is 0 Å². The van der Waals surface area contributed by atoms with Gasteiger partial charge in [0.05, 0.1) is 16.5 Å². The lowest BCUT2D eigenvalue weighted by Crippen LogP contribution is -2.47. The number of non-ortho nitro benzene ring substituents is 1. The summed E-state index contributed by atoms with van der Waals surface area (Å²) in [6, 6.07) is 23.0. The molecule has 1 unspecified atom stereocenters. The van der Waals surface area contributed by atoms with Gasteiger partial charge in [0.25, 0.3) is 5.69 Å². The average molecular weight is 488 g/mol. The van der Waals surface area contributed by atoms with E-state index in [9.17, 15) is 14.9 Å². The highest BCUT2D eigenvalue weighted by atomic mass is 32.1. The quantitative estimate of drug-likeness (QED) is 0.208. The van der Waals surface area contributed by atoms with Crippen LogP contribution in [0.1, 0.15) is 35.2 Å². The van der Waals surface area contributed by atoms with Crippen molar-refractivity contribution in [3.8, 4) is 0 Å². The van der Waals surface area contributed by atoms with Gasteiger partial charge in [-0.05, 0) is 42.8 Å². The Kier molecular flexibility index (Phi) is 7.22. The second-order valence-corrected chi connectivity index (χ2v) is 8.75. The Morgan fingerprint density at radius 2 is 1.74 bits per heavy atom. The first kappa shape index (κ1) is 24.1. The summed E-state index contributed by atoms with van der Waals surface area (Å²) in [4.78, 5) is 26.2. The highest BCUT2D eigenvalue weighted by molar-refractivity contribution is 7.80. The van der Waals surface area contributed by atoms with E-state index < -0.39 is 16.9 Å². The molecule has 0 aliphatic carbocycles. The molecule has 0 fully saturated rings. The number of esters is 1. The van der Waals surface area contributed by atoms with E-state index >= 15 is 0 Å². The first-order valence-corrected chi connectivity index (χ1v) is 11.5. The fraction of sp³-hybridized carbons (Fsp3) is 0.185. The maximum Gasteiger partial charge on any atom is 0.338 e. The standard InChI is InChI=1S/C27H25N3O4S/c1-18-11-13-20(14-12-18)16-29-19(2)24(26(31)34-17-21-7-4-3-5-8-21)25(28-27(29)35)22-9-6-10-23(15-22)30(32)33/h3-15,25H,16-17H2,1-2H3,(H,28,35). The number of nitro benzene ring substituents is 1. The van der Waals surface area contributed by atoms with E-state index in [-0.39, 0.29) is 12.3 Å². The van der Waals surface area contributed by atoms with Gasteiger partial charge in [-0.15, -0.1) is 0 Å². The third-order valence-corrected chi connectivity index (χ3v) is 6.24. The van der Waals surface area contributed by atoms with Crippen molar-refractivity contribution in [1.29, 1.82) is 0 Å². The van der Waals surface area contributed by atoms with E-state index in [0.29, 0.717) is 28.5 Å². The number of benzene rings is 3. The summed E-state index contributed by atoms with van der Waals surface area (Å²) < 4.78 is 5.68. The lowest BCUT2D eigenvalue weighted by Gasteiger charge is -2.37. The zero-order valence-electron chi connectivity index (χ0n) is 19.4. The first-order valence-electron chi connectivity index (χ1n) is 11.1. The normalized spacial score (nSPS) is 15.5. The van der Waals surface area contributed by atoms with Crippen LogP contribution in [0, 0.1) is 17.0 Å². The Morgan fingerprint density at radius 3 is 2.43 bits per heavy atom. The number of carbonyl (C=O) groups is 1. The molecule has 1 aliphatic heterocycles. The van der Waals surface area contributed by atoms with Gasteiger partial charge in [0.2, 0.25) is 0 Å². The number of nitro groups is 1. The minimum atomic E-state index is -0.681. The van der Waals surface area contributed by atoms with Gasteiger partial charge in [0.1, 0.15) is 6.61 Å². The van der Waals surface area contributed by atoms with Gasteiger partial charge < -0.3 is 15.0 Å². The van der Waals surface area contributed by atoms with Gasteiger partial charge in [-0.25, -0.2) is 4.79 Å². The zero-order valence-corrected chi connectivity index (χ0v) is 20.2. The molecule has 35 heavy (non-hydrogen) atoms. The Hall–Kier alpha value is -4.04. The average Bonchev–Trinajstić information content (AvgIpc) is 2.86. The van der Waals surface area contributed by atoms with Gasteiger partial charge in [-0.1, -0.05) is 72.3 Å². The summed E-state index contributed by atoms with van der Waals surface area (Å²) in [5, 5.41) is 15.0. The van der Waals surface area contributed by atoms with Gasteiger partial charge in [-0.2, -0.15) is 0 Å². The first-order chi connectivity index (χ1) is 16.8. The molecule has 0 saturated heterocycles. The van der Waals surface area contributed by atoms with Crippen LogP contribution in [0.4, 0.5) is 5.69 Å². The molecule has 1 N–H and O–H groups in total. The largest absolute Gasteiger partial charge is 0.457 e. The Labute approximate surface area is 209 Å². The van der Waals surface area contributed by atoms with E-state index in [1.54, 1.807) is 12.1 Å². The maximum absolute atomic E-state index is 13.4. The lowest BCUT2D eigenvalue weighted by atomic mass is 9.94. The number of nitrogens with one attached hydrogen (secondary N) is 1. The molecule has 0 radical (unpaired) electrons. The van der Waals surface area contributed by atoms with Crippen molar-refractivity contribution in [3.05, 3.63) is 123 Å². The number of hydrogen-bond acceptors (Lipinski definition) is 5. The number of carbonyl (C=O) groups excluding carboxylic acids is 1. The summed E-state index contributed by atoms with van der Waals surface area (Å²) in [5.41, 5.74) is 4.54. The van der Waals surface area contributed by atoms with Crippen molar-refractivity contribution in [2.45, 2.75) is 33.0 Å². The van der Waals surface area contributed by atoms with Crippen molar-refractivity contribution >= 4 is 29.0 Å². The lowest BCUT2D eigenvalue weighted by molar-refractivity contribution is -0.384. The highest BCUT2D eigenvalue weighted by Gasteiger charge is 2.35. The number of hydrogen-bond donors (Lipinski definition) is 1. The maximum atomic E-state index is 13.4. The fourth-order valence-electron chi connectivity index (χ4n) is 3.98. The molecule has 0 aromatic heterocycles. The number of ether oxygens (including phenoxy) is 1. The molecule has 1 heterocycles. The van der Waals surface area contributed by atoms with Gasteiger partial charge >= 0.3 is 5.97 Å². The van der Waals surface area contributed by atoms with Crippen molar-refractivity contribution < 1.29 is 14.5 Å². The molecule has 0 bridgehead atoms. The van der Waals surface area contributed by atoms with Crippen molar-refractivity contribution in [2.24, 2.45) is 0 Å². The van der Waals surface area contributed by atoms with Gasteiger partial charge in [-0.3, -0.25) is 10.1 Å². The number of aryl methyl sites for hydroxylation is 1. The third-order valence-electron chi connectivity index (χ3n) is 5.90.